The van der Waals surface area contributed by atoms with Gasteiger partial charge in [-0.15, -0.1) is 0 Å². The zero-order valence-electron chi connectivity index (χ0n) is 8.15. The molecule has 0 heteroatoms. The van der Waals surface area contributed by atoms with E-state index in [2.05, 4.69) is 24.3 Å². The fraction of sp³-hybridized carbons (Fsp3) is 0.692. The molecule has 0 heterocycles. The summed E-state index contributed by atoms with van der Waals surface area (Å²) in [7, 11) is 0. The lowest BCUT2D eigenvalue weighted by Gasteiger charge is -2.29. The molecule has 0 aromatic rings. The molecule has 0 nitrogen and oxygen atoms in total. The molecule has 70 valence electrons. The van der Waals surface area contributed by atoms with E-state index in [-0.39, 0.29) is 0 Å². The van der Waals surface area contributed by atoms with Crippen LogP contribution < -0.4 is 0 Å². The maximum Gasteiger partial charge on any atom is -0.0196 e. The first-order valence-corrected chi connectivity index (χ1v) is 5.77. The van der Waals surface area contributed by atoms with E-state index < -0.39 is 0 Å². The van der Waals surface area contributed by atoms with Crippen LogP contribution in [0.25, 0.3) is 0 Å². The Morgan fingerprint density at radius 1 is 1.00 bits per heavy atom. The third-order valence-corrected chi connectivity index (χ3v) is 4.25. The Hall–Kier alpha value is -0.520. The van der Waals surface area contributed by atoms with Gasteiger partial charge in [-0.05, 0) is 55.8 Å². The Balaban J connectivity index is 1.72. The number of fused-ring (bicyclic) bond motifs is 2. The molecular formula is C13H18. The molecule has 1 saturated carbocycles. The minimum Gasteiger partial charge on any atom is -0.0885 e. The molecule has 0 aromatic heterocycles. The first kappa shape index (κ1) is 7.84. The van der Waals surface area contributed by atoms with E-state index in [0.29, 0.717) is 0 Å². The molecule has 0 aromatic carbocycles. The summed E-state index contributed by atoms with van der Waals surface area (Å²) in [5, 5.41) is 0. The second-order valence-corrected chi connectivity index (χ2v) is 4.99. The molecule has 0 amide bonds. The first-order chi connectivity index (χ1) is 6.43. The molecule has 3 aliphatic rings. The molecule has 0 spiro atoms. The standard InChI is InChI=1S/C13H18/c1-2-4-11(5-3-1)13-9-10-6-7-12(13)8-10/h1-2,6-7,10-13H,3-5,8-9H2/t10-,11+,12-,13-/m0/s1. The number of allylic oxidation sites excluding steroid dienone is 4. The zero-order valence-corrected chi connectivity index (χ0v) is 8.15. The lowest BCUT2D eigenvalue weighted by atomic mass is 9.76. The largest absolute Gasteiger partial charge is 0.0885 e. The predicted molar refractivity (Wildman–Crippen MR) is 55.3 cm³/mol. The summed E-state index contributed by atoms with van der Waals surface area (Å²) in [5.41, 5.74) is 0. The maximum absolute atomic E-state index is 2.50. The molecule has 4 atom stereocenters. The van der Waals surface area contributed by atoms with Gasteiger partial charge >= 0.3 is 0 Å². The smallest absolute Gasteiger partial charge is 0.0196 e. The van der Waals surface area contributed by atoms with E-state index in [1.54, 1.807) is 0 Å². The summed E-state index contributed by atoms with van der Waals surface area (Å²) < 4.78 is 0. The van der Waals surface area contributed by atoms with Crippen molar-refractivity contribution in [2.24, 2.45) is 23.7 Å². The van der Waals surface area contributed by atoms with Gasteiger partial charge in [-0.25, -0.2) is 0 Å². The third kappa shape index (κ3) is 1.27. The van der Waals surface area contributed by atoms with E-state index in [9.17, 15) is 0 Å². The number of hydrogen-bond acceptors (Lipinski definition) is 0. The Bertz CT molecular complexity index is 249. The van der Waals surface area contributed by atoms with Crippen molar-refractivity contribution < 1.29 is 0 Å². The second-order valence-electron chi connectivity index (χ2n) is 4.99. The fourth-order valence-electron chi connectivity index (χ4n) is 3.57. The summed E-state index contributed by atoms with van der Waals surface area (Å²) in [5.74, 6) is 3.98. The molecule has 0 saturated heterocycles. The molecule has 0 aliphatic heterocycles. The van der Waals surface area contributed by atoms with Gasteiger partial charge in [0.2, 0.25) is 0 Å². The minimum atomic E-state index is 0.959. The van der Waals surface area contributed by atoms with Gasteiger partial charge < -0.3 is 0 Å². The Morgan fingerprint density at radius 2 is 2.00 bits per heavy atom. The Kier molecular flexibility index (Phi) is 1.81. The summed E-state index contributed by atoms with van der Waals surface area (Å²) in [6.07, 6.45) is 16.9. The highest BCUT2D eigenvalue weighted by Gasteiger charge is 2.39. The summed E-state index contributed by atoms with van der Waals surface area (Å²) in [4.78, 5) is 0. The average Bonchev–Trinajstić information content (AvgIpc) is 2.80. The monoisotopic (exact) mass is 174 g/mol. The Labute approximate surface area is 80.7 Å². The first-order valence-electron chi connectivity index (χ1n) is 5.77. The molecule has 3 aliphatic carbocycles. The quantitative estimate of drug-likeness (QED) is 0.533. The maximum atomic E-state index is 2.50. The summed E-state index contributed by atoms with van der Waals surface area (Å²) in [6.45, 7) is 0. The van der Waals surface area contributed by atoms with Gasteiger partial charge in [-0.2, -0.15) is 0 Å². The van der Waals surface area contributed by atoms with Crippen molar-refractivity contribution in [3.63, 3.8) is 0 Å². The van der Waals surface area contributed by atoms with Crippen LogP contribution in [0.4, 0.5) is 0 Å². The van der Waals surface area contributed by atoms with Gasteiger partial charge in [0.05, 0.1) is 0 Å². The van der Waals surface area contributed by atoms with Crippen LogP contribution >= 0.6 is 0 Å². The highest BCUT2D eigenvalue weighted by molar-refractivity contribution is 5.12. The average molecular weight is 174 g/mol. The van der Waals surface area contributed by atoms with E-state index in [0.717, 1.165) is 23.7 Å². The Morgan fingerprint density at radius 3 is 2.62 bits per heavy atom. The molecule has 3 rings (SSSR count). The lowest BCUT2D eigenvalue weighted by molar-refractivity contribution is 0.268. The van der Waals surface area contributed by atoms with Crippen LogP contribution in [0.2, 0.25) is 0 Å². The van der Waals surface area contributed by atoms with Gasteiger partial charge in [0, 0.05) is 0 Å². The van der Waals surface area contributed by atoms with E-state index in [4.69, 9.17) is 0 Å². The predicted octanol–water partition coefficient (Wildman–Crippen LogP) is 3.55. The van der Waals surface area contributed by atoms with Crippen LogP contribution in [0.3, 0.4) is 0 Å². The van der Waals surface area contributed by atoms with E-state index in [1.165, 1.54) is 32.1 Å². The van der Waals surface area contributed by atoms with Crippen LogP contribution in [-0.2, 0) is 0 Å². The molecule has 1 fully saturated rings. The van der Waals surface area contributed by atoms with Crippen molar-refractivity contribution in [2.75, 3.05) is 0 Å². The molecule has 13 heavy (non-hydrogen) atoms. The van der Waals surface area contributed by atoms with Crippen LogP contribution in [0.15, 0.2) is 24.3 Å². The van der Waals surface area contributed by atoms with Crippen molar-refractivity contribution in [1.29, 1.82) is 0 Å². The zero-order chi connectivity index (χ0) is 8.67. The molecule has 0 unspecified atom stereocenters. The number of hydrogen-bond donors (Lipinski definition) is 0. The summed E-state index contributed by atoms with van der Waals surface area (Å²) >= 11 is 0. The minimum absolute atomic E-state index is 0.959. The third-order valence-electron chi connectivity index (χ3n) is 4.25. The van der Waals surface area contributed by atoms with Crippen molar-refractivity contribution in [3.8, 4) is 0 Å². The van der Waals surface area contributed by atoms with Crippen molar-refractivity contribution >= 4 is 0 Å². The van der Waals surface area contributed by atoms with E-state index in [1.807, 2.05) is 0 Å². The van der Waals surface area contributed by atoms with Gasteiger partial charge in [-0.3, -0.25) is 0 Å². The number of rotatable bonds is 1. The van der Waals surface area contributed by atoms with Crippen molar-refractivity contribution in [3.05, 3.63) is 24.3 Å². The van der Waals surface area contributed by atoms with Crippen molar-refractivity contribution in [1.82, 2.24) is 0 Å². The van der Waals surface area contributed by atoms with Gasteiger partial charge in [-0.1, -0.05) is 24.3 Å². The summed E-state index contributed by atoms with van der Waals surface area (Å²) in [6, 6.07) is 0. The molecule has 0 N–H and O–H groups in total. The van der Waals surface area contributed by atoms with Crippen LogP contribution in [0.5, 0.6) is 0 Å². The highest BCUT2D eigenvalue weighted by Crippen LogP contribution is 2.49. The van der Waals surface area contributed by atoms with Crippen LogP contribution in [0, 0.1) is 23.7 Å². The van der Waals surface area contributed by atoms with E-state index >= 15 is 0 Å². The van der Waals surface area contributed by atoms with Crippen LogP contribution in [-0.4, -0.2) is 0 Å². The molecule has 0 radical (unpaired) electrons. The molecular weight excluding hydrogens is 156 g/mol. The SMILES string of the molecule is C1=CC[C@@H]([C@@H]2C[C@H]3C=C[C@H]2C3)CC1. The topological polar surface area (TPSA) is 0 Å². The normalized spacial score (nSPS) is 47.4. The van der Waals surface area contributed by atoms with Gasteiger partial charge in [0.15, 0.2) is 0 Å². The van der Waals surface area contributed by atoms with Crippen LogP contribution in [0.1, 0.15) is 32.1 Å². The fourth-order valence-corrected chi connectivity index (χ4v) is 3.57. The van der Waals surface area contributed by atoms with Gasteiger partial charge in [0.1, 0.15) is 0 Å². The second kappa shape index (κ2) is 3.01. The van der Waals surface area contributed by atoms with Gasteiger partial charge in [0.25, 0.3) is 0 Å². The molecule has 2 bridgehead atoms. The lowest BCUT2D eigenvalue weighted by Crippen LogP contribution is -2.19. The highest BCUT2D eigenvalue weighted by atomic mass is 14.4. The van der Waals surface area contributed by atoms with Crippen molar-refractivity contribution in [2.45, 2.75) is 32.1 Å².